The van der Waals surface area contributed by atoms with E-state index in [9.17, 15) is 5.11 Å². The van der Waals surface area contributed by atoms with Crippen LogP contribution in [0.1, 0.15) is 25.0 Å². The minimum atomic E-state index is -0.392. The van der Waals surface area contributed by atoms with Gasteiger partial charge in [0.25, 0.3) is 0 Å². The minimum absolute atomic E-state index is 0.280. The maximum atomic E-state index is 9.84. The predicted octanol–water partition coefficient (Wildman–Crippen LogP) is 3.20. The third-order valence-corrected chi connectivity index (χ3v) is 4.01. The molecule has 0 saturated heterocycles. The largest absolute Gasteiger partial charge is 0.494 e. The van der Waals surface area contributed by atoms with Crippen LogP contribution >= 0.6 is 0 Å². The number of aliphatic hydroxyl groups excluding tert-OH is 1. The van der Waals surface area contributed by atoms with Crippen molar-refractivity contribution < 1.29 is 19.3 Å². The van der Waals surface area contributed by atoms with Crippen molar-refractivity contribution in [1.82, 2.24) is 4.90 Å². The van der Waals surface area contributed by atoms with Crippen molar-refractivity contribution >= 4 is 0 Å². The van der Waals surface area contributed by atoms with Crippen molar-refractivity contribution in [2.45, 2.75) is 33.0 Å². The van der Waals surface area contributed by atoms with Crippen molar-refractivity contribution in [1.29, 1.82) is 0 Å². The lowest BCUT2D eigenvalue weighted by atomic mass is 10.1. The summed E-state index contributed by atoms with van der Waals surface area (Å²) in [6, 6.07) is 14.1. The number of nitrogens with zero attached hydrogens (tertiary/aromatic N) is 1. The summed E-state index contributed by atoms with van der Waals surface area (Å²) in [6.45, 7) is 6.82. The van der Waals surface area contributed by atoms with Gasteiger partial charge in [-0.25, -0.2) is 0 Å². The van der Waals surface area contributed by atoms with E-state index in [1.807, 2.05) is 44.2 Å². The highest BCUT2D eigenvalue weighted by atomic mass is 16.7. The van der Waals surface area contributed by atoms with Gasteiger partial charge in [-0.15, -0.1) is 0 Å². The smallest absolute Gasteiger partial charge is 0.231 e. The van der Waals surface area contributed by atoms with Gasteiger partial charge >= 0.3 is 0 Å². The van der Waals surface area contributed by atoms with E-state index in [1.54, 1.807) is 0 Å². The first-order valence-electron chi connectivity index (χ1n) is 8.64. The zero-order chi connectivity index (χ0) is 17.6. The van der Waals surface area contributed by atoms with Crippen LogP contribution in [0.3, 0.4) is 0 Å². The fraction of sp³-hybridized carbons (Fsp3) is 0.400. The lowest BCUT2D eigenvalue weighted by Crippen LogP contribution is -2.30. The molecule has 1 aliphatic rings. The van der Waals surface area contributed by atoms with Crippen LogP contribution in [0.15, 0.2) is 42.5 Å². The van der Waals surface area contributed by atoms with E-state index in [2.05, 4.69) is 17.0 Å². The summed E-state index contributed by atoms with van der Waals surface area (Å²) in [7, 11) is 0. The van der Waals surface area contributed by atoms with Gasteiger partial charge in [0, 0.05) is 19.6 Å². The molecule has 3 rings (SSSR count). The molecule has 1 heterocycles. The quantitative estimate of drug-likeness (QED) is 0.798. The first kappa shape index (κ1) is 17.6. The molecule has 2 aromatic rings. The van der Waals surface area contributed by atoms with Crippen molar-refractivity contribution in [3.05, 3.63) is 53.6 Å². The Morgan fingerprint density at radius 3 is 2.44 bits per heavy atom. The van der Waals surface area contributed by atoms with E-state index < -0.39 is 6.10 Å². The first-order chi connectivity index (χ1) is 12.1. The second-order valence-electron chi connectivity index (χ2n) is 6.28. The van der Waals surface area contributed by atoms with Crippen LogP contribution in [0.4, 0.5) is 0 Å². The molecule has 0 bridgehead atoms. The lowest BCUT2D eigenvalue weighted by Gasteiger charge is -2.24. The Morgan fingerprint density at radius 2 is 1.72 bits per heavy atom. The van der Waals surface area contributed by atoms with E-state index in [4.69, 9.17) is 14.2 Å². The summed E-state index contributed by atoms with van der Waals surface area (Å²) in [5.41, 5.74) is 2.32. The maximum absolute atomic E-state index is 9.84. The summed E-state index contributed by atoms with van der Waals surface area (Å²) >= 11 is 0. The van der Waals surface area contributed by atoms with Gasteiger partial charge < -0.3 is 19.3 Å². The molecule has 0 aliphatic carbocycles. The third-order valence-electron chi connectivity index (χ3n) is 4.01. The molecule has 1 aliphatic heterocycles. The van der Waals surface area contributed by atoms with E-state index in [0.717, 1.165) is 35.9 Å². The van der Waals surface area contributed by atoms with E-state index >= 15 is 0 Å². The van der Waals surface area contributed by atoms with Crippen LogP contribution in [-0.2, 0) is 13.1 Å². The maximum Gasteiger partial charge on any atom is 0.231 e. The van der Waals surface area contributed by atoms with Gasteiger partial charge in [-0.2, -0.15) is 0 Å². The molecule has 5 nitrogen and oxygen atoms in total. The highest BCUT2D eigenvalue weighted by Gasteiger charge is 2.16. The van der Waals surface area contributed by atoms with E-state index in [1.165, 1.54) is 5.56 Å². The number of ether oxygens (including phenoxy) is 3. The molecule has 25 heavy (non-hydrogen) atoms. The number of hydrogen-bond acceptors (Lipinski definition) is 5. The standard InChI is InChI=1S/C20H25NO4/c1-3-23-18-7-4-16(5-8-18)12-21(11-15(2)22)13-17-6-9-19-20(10-17)25-14-24-19/h4-10,15,22H,3,11-14H2,1-2H3. The molecule has 0 fully saturated rings. The Bertz CT molecular complexity index is 685. The number of benzene rings is 2. The Hall–Kier alpha value is -2.24. The van der Waals surface area contributed by atoms with Gasteiger partial charge in [0.05, 0.1) is 12.7 Å². The molecule has 0 radical (unpaired) electrons. The SMILES string of the molecule is CCOc1ccc(CN(Cc2ccc3c(c2)OCO3)CC(C)O)cc1. The van der Waals surface area contributed by atoms with E-state index in [-0.39, 0.29) is 6.79 Å². The molecular weight excluding hydrogens is 318 g/mol. The molecule has 0 amide bonds. The van der Waals surface area contributed by atoms with Gasteiger partial charge in [-0.1, -0.05) is 18.2 Å². The molecule has 1 unspecified atom stereocenters. The highest BCUT2D eigenvalue weighted by molar-refractivity contribution is 5.44. The number of hydrogen-bond donors (Lipinski definition) is 1. The van der Waals surface area contributed by atoms with E-state index in [0.29, 0.717) is 13.2 Å². The van der Waals surface area contributed by atoms with Crippen LogP contribution in [0.5, 0.6) is 17.2 Å². The Morgan fingerprint density at radius 1 is 1.04 bits per heavy atom. The fourth-order valence-electron chi connectivity index (χ4n) is 2.97. The van der Waals surface area contributed by atoms with Crippen molar-refractivity contribution in [3.8, 4) is 17.2 Å². The molecular formula is C20H25NO4. The molecule has 134 valence electrons. The van der Waals surface area contributed by atoms with Crippen molar-refractivity contribution in [2.24, 2.45) is 0 Å². The zero-order valence-electron chi connectivity index (χ0n) is 14.8. The van der Waals surface area contributed by atoms with Crippen LogP contribution in [0.25, 0.3) is 0 Å². The molecule has 1 N–H and O–H groups in total. The zero-order valence-corrected chi connectivity index (χ0v) is 14.8. The normalized spacial score (nSPS) is 13.9. The van der Waals surface area contributed by atoms with Crippen molar-refractivity contribution in [3.63, 3.8) is 0 Å². The van der Waals surface area contributed by atoms with Crippen LogP contribution in [-0.4, -0.2) is 36.1 Å². The monoisotopic (exact) mass is 343 g/mol. The molecule has 2 aromatic carbocycles. The third kappa shape index (κ3) is 4.87. The van der Waals surface area contributed by atoms with Gasteiger partial charge in [0.1, 0.15) is 5.75 Å². The summed E-state index contributed by atoms with van der Waals surface area (Å²) in [5.74, 6) is 2.46. The first-order valence-corrected chi connectivity index (χ1v) is 8.64. The number of fused-ring (bicyclic) bond motifs is 1. The van der Waals surface area contributed by atoms with Gasteiger partial charge in [0.2, 0.25) is 6.79 Å². The molecule has 0 aromatic heterocycles. The fourth-order valence-corrected chi connectivity index (χ4v) is 2.97. The lowest BCUT2D eigenvalue weighted by molar-refractivity contribution is 0.118. The average molecular weight is 343 g/mol. The topological polar surface area (TPSA) is 51.2 Å². The second-order valence-corrected chi connectivity index (χ2v) is 6.28. The summed E-state index contributed by atoms with van der Waals surface area (Å²) in [5, 5.41) is 9.84. The molecule has 5 heteroatoms. The minimum Gasteiger partial charge on any atom is -0.494 e. The number of rotatable bonds is 8. The Labute approximate surface area is 148 Å². The van der Waals surface area contributed by atoms with Gasteiger partial charge in [0.15, 0.2) is 11.5 Å². The molecule has 1 atom stereocenters. The van der Waals surface area contributed by atoms with Crippen LogP contribution < -0.4 is 14.2 Å². The average Bonchev–Trinajstić information content (AvgIpc) is 3.04. The summed E-state index contributed by atoms with van der Waals surface area (Å²) < 4.78 is 16.3. The molecule has 0 saturated carbocycles. The predicted molar refractivity (Wildman–Crippen MR) is 96.0 cm³/mol. The second kappa shape index (κ2) is 8.23. The Balaban J connectivity index is 1.68. The van der Waals surface area contributed by atoms with Crippen molar-refractivity contribution in [2.75, 3.05) is 19.9 Å². The van der Waals surface area contributed by atoms with Gasteiger partial charge in [-0.05, 0) is 49.2 Å². The number of aliphatic hydroxyl groups is 1. The highest BCUT2D eigenvalue weighted by Crippen LogP contribution is 2.33. The molecule has 0 spiro atoms. The van der Waals surface area contributed by atoms with Crippen LogP contribution in [0.2, 0.25) is 0 Å². The van der Waals surface area contributed by atoms with Gasteiger partial charge in [-0.3, -0.25) is 4.90 Å². The Kier molecular flexibility index (Phi) is 5.79. The summed E-state index contributed by atoms with van der Waals surface area (Å²) in [4.78, 5) is 2.22. The van der Waals surface area contributed by atoms with Crippen LogP contribution in [0, 0.1) is 0 Å². The summed E-state index contributed by atoms with van der Waals surface area (Å²) in [6.07, 6.45) is -0.392.